The first kappa shape index (κ1) is 20.0. The van der Waals surface area contributed by atoms with E-state index < -0.39 is 0 Å². The van der Waals surface area contributed by atoms with E-state index in [1.165, 1.54) is 12.1 Å². The summed E-state index contributed by atoms with van der Waals surface area (Å²) in [5.41, 5.74) is 3.12. The summed E-state index contributed by atoms with van der Waals surface area (Å²) in [7, 11) is 1.83. The van der Waals surface area contributed by atoms with Crippen molar-refractivity contribution in [3.63, 3.8) is 0 Å². The number of amides is 1. The first-order valence-electron chi connectivity index (χ1n) is 9.94. The second-order valence-electron chi connectivity index (χ2n) is 7.23. The number of aryl methyl sites for hydroxylation is 1. The fourth-order valence-electron chi connectivity index (χ4n) is 3.45. The fourth-order valence-corrected chi connectivity index (χ4v) is 3.45. The minimum absolute atomic E-state index is 0.175. The van der Waals surface area contributed by atoms with Crippen molar-refractivity contribution >= 4 is 11.9 Å². The second-order valence-corrected chi connectivity index (χ2v) is 7.23. The zero-order valence-corrected chi connectivity index (χ0v) is 16.8. The van der Waals surface area contributed by atoms with Gasteiger partial charge in [0.2, 0.25) is 5.95 Å². The van der Waals surface area contributed by atoms with E-state index in [1.54, 1.807) is 23.0 Å². The number of rotatable bonds is 6. The van der Waals surface area contributed by atoms with Gasteiger partial charge >= 0.3 is 0 Å². The number of halogens is 1. The highest BCUT2D eigenvalue weighted by Gasteiger charge is 2.16. The maximum atomic E-state index is 13.3. The Morgan fingerprint density at radius 2 is 1.93 bits per heavy atom. The van der Waals surface area contributed by atoms with Crippen LogP contribution in [0.5, 0.6) is 0 Å². The molecule has 156 valence electrons. The molecule has 0 atom stereocenters. The fraction of sp³-hybridized carbons (Fsp3) is 0.318. The van der Waals surface area contributed by atoms with Crippen molar-refractivity contribution in [3.8, 4) is 11.1 Å². The molecule has 0 unspecified atom stereocenters. The molecule has 1 saturated heterocycles. The topological polar surface area (TPSA) is 72.3 Å². The van der Waals surface area contributed by atoms with Crippen LogP contribution in [0.25, 0.3) is 11.1 Å². The normalized spacial score (nSPS) is 14.0. The Hall–Kier alpha value is -3.26. The van der Waals surface area contributed by atoms with Crippen LogP contribution in [0.3, 0.4) is 0 Å². The molecule has 0 spiro atoms. The summed E-state index contributed by atoms with van der Waals surface area (Å²) in [5.74, 6) is 0.243. The summed E-state index contributed by atoms with van der Waals surface area (Å²) >= 11 is 0. The molecule has 0 aliphatic carbocycles. The number of nitrogens with zero attached hydrogens (tertiary/aromatic N) is 4. The Morgan fingerprint density at radius 3 is 2.67 bits per heavy atom. The van der Waals surface area contributed by atoms with Crippen LogP contribution >= 0.6 is 0 Å². The molecule has 8 heteroatoms. The van der Waals surface area contributed by atoms with Crippen molar-refractivity contribution in [2.75, 3.05) is 37.7 Å². The van der Waals surface area contributed by atoms with Crippen LogP contribution in [0.2, 0.25) is 0 Å². The van der Waals surface area contributed by atoms with Crippen LogP contribution in [-0.2, 0) is 18.2 Å². The monoisotopic (exact) mass is 409 g/mol. The molecule has 1 amide bonds. The van der Waals surface area contributed by atoms with Crippen molar-refractivity contribution in [2.45, 2.75) is 6.42 Å². The number of hydrogen-bond acceptors (Lipinski definition) is 5. The molecule has 0 saturated carbocycles. The molecule has 1 aliphatic heterocycles. The van der Waals surface area contributed by atoms with Crippen molar-refractivity contribution in [1.29, 1.82) is 0 Å². The van der Waals surface area contributed by atoms with Crippen LogP contribution in [-0.4, -0.2) is 53.3 Å². The summed E-state index contributed by atoms with van der Waals surface area (Å²) in [6.07, 6.45) is 6.00. The molecular formula is C22H24FN5O2. The van der Waals surface area contributed by atoms with Crippen molar-refractivity contribution in [1.82, 2.24) is 19.9 Å². The third-order valence-corrected chi connectivity index (χ3v) is 5.09. The number of benzene rings is 1. The highest BCUT2D eigenvalue weighted by Crippen LogP contribution is 2.22. The first-order valence-corrected chi connectivity index (χ1v) is 9.94. The molecule has 2 aromatic heterocycles. The van der Waals surface area contributed by atoms with Crippen LogP contribution in [0, 0.1) is 5.82 Å². The summed E-state index contributed by atoms with van der Waals surface area (Å²) < 4.78 is 20.4. The van der Waals surface area contributed by atoms with Gasteiger partial charge in [-0.3, -0.25) is 4.79 Å². The average Bonchev–Trinajstić information content (AvgIpc) is 3.16. The lowest BCUT2D eigenvalue weighted by Crippen LogP contribution is -2.37. The number of aromatic nitrogens is 3. The molecule has 0 bridgehead atoms. The summed E-state index contributed by atoms with van der Waals surface area (Å²) in [5, 5.41) is 2.89. The number of anilines is 1. The van der Waals surface area contributed by atoms with E-state index in [-0.39, 0.29) is 11.7 Å². The van der Waals surface area contributed by atoms with Gasteiger partial charge in [-0.2, -0.15) is 0 Å². The maximum Gasteiger partial charge on any atom is 0.267 e. The molecule has 1 aromatic carbocycles. The lowest BCUT2D eigenvalue weighted by atomic mass is 10.1. The Balaban J connectivity index is 1.39. The maximum absolute atomic E-state index is 13.3. The molecule has 0 radical (unpaired) electrons. The van der Waals surface area contributed by atoms with E-state index in [0.717, 1.165) is 29.8 Å². The second kappa shape index (κ2) is 9.04. The van der Waals surface area contributed by atoms with Gasteiger partial charge in [-0.1, -0.05) is 12.1 Å². The van der Waals surface area contributed by atoms with Crippen LogP contribution in [0.4, 0.5) is 10.3 Å². The zero-order chi connectivity index (χ0) is 20.9. The minimum atomic E-state index is -0.271. The highest BCUT2D eigenvalue weighted by molar-refractivity contribution is 5.94. The molecule has 1 fully saturated rings. The van der Waals surface area contributed by atoms with E-state index >= 15 is 0 Å². The Labute approximate surface area is 174 Å². The number of carbonyl (C=O) groups excluding carboxylic acids is 1. The van der Waals surface area contributed by atoms with Gasteiger partial charge in [0, 0.05) is 56.4 Å². The van der Waals surface area contributed by atoms with E-state index in [0.29, 0.717) is 37.8 Å². The number of nitrogens with one attached hydrogen (secondary N) is 1. The van der Waals surface area contributed by atoms with E-state index in [9.17, 15) is 9.18 Å². The average molecular weight is 409 g/mol. The van der Waals surface area contributed by atoms with E-state index in [1.807, 2.05) is 25.4 Å². The molecule has 3 aromatic rings. The number of hydrogen-bond donors (Lipinski definition) is 1. The van der Waals surface area contributed by atoms with Crippen LogP contribution in [0.1, 0.15) is 16.1 Å². The van der Waals surface area contributed by atoms with Gasteiger partial charge in [-0.25, -0.2) is 14.4 Å². The number of morpholine rings is 1. The van der Waals surface area contributed by atoms with E-state index in [4.69, 9.17) is 4.74 Å². The molecule has 30 heavy (non-hydrogen) atoms. The largest absolute Gasteiger partial charge is 0.378 e. The van der Waals surface area contributed by atoms with Crippen LogP contribution in [0.15, 0.2) is 48.9 Å². The van der Waals surface area contributed by atoms with Crippen molar-refractivity contribution in [3.05, 3.63) is 66.0 Å². The number of carbonyl (C=O) groups is 1. The minimum Gasteiger partial charge on any atom is -0.378 e. The zero-order valence-electron chi connectivity index (χ0n) is 16.8. The quantitative estimate of drug-likeness (QED) is 0.677. The van der Waals surface area contributed by atoms with Gasteiger partial charge in [0.15, 0.2) is 0 Å². The van der Waals surface area contributed by atoms with Gasteiger partial charge in [0.05, 0.1) is 13.2 Å². The Bertz CT molecular complexity index is 1010. The predicted molar refractivity (Wildman–Crippen MR) is 112 cm³/mol. The molecule has 4 rings (SSSR count). The van der Waals surface area contributed by atoms with Gasteiger partial charge in [-0.15, -0.1) is 0 Å². The Kier molecular flexibility index (Phi) is 6.04. The van der Waals surface area contributed by atoms with Crippen molar-refractivity contribution < 1.29 is 13.9 Å². The predicted octanol–water partition coefficient (Wildman–Crippen LogP) is 2.43. The molecule has 3 heterocycles. The molecular weight excluding hydrogens is 385 g/mol. The summed E-state index contributed by atoms with van der Waals surface area (Å²) in [6.45, 7) is 3.36. The number of ether oxygens (including phenoxy) is 1. The van der Waals surface area contributed by atoms with Gasteiger partial charge in [0.25, 0.3) is 5.91 Å². The van der Waals surface area contributed by atoms with Gasteiger partial charge in [0.1, 0.15) is 11.5 Å². The molecule has 7 nitrogen and oxygen atoms in total. The van der Waals surface area contributed by atoms with Gasteiger partial charge < -0.3 is 19.5 Å². The smallest absolute Gasteiger partial charge is 0.267 e. The van der Waals surface area contributed by atoms with Crippen LogP contribution < -0.4 is 10.2 Å². The molecule has 1 N–H and O–H groups in total. The SMILES string of the molecule is Cn1cc(-c2cnc(N3CCOCC3)nc2)cc1C(=O)NCCc1cccc(F)c1. The molecule has 1 aliphatic rings. The van der Waals surface area contributed by atoms with Crippen molar-refractivity contribution in [2.24, 2.45) is 7.05 Å². The summed E-state index contributed by atoms with van der Waals surface area (Å²) in [6, 6.07) is 8.22. The Morgan fingerprint density at radius 1 is 1.17 bits per heavy atom. The standard InChI is InChI=1S/C22H24FN5O2/c1-27-15-17(18-13-25-22(26-14-18)28-7-9-30-10-8-28)12-20(27)21(29)24-6-5-16-3-2-4-19(23)11-16/h2-4,11-15H,5-10H2,1H3,(H,24,29). The third kappa shape index (κ3) is 4.65. The lowest BCUT2D eigenvalue weighted by Gasteiger charge is -2.26. The highest BCUT2D eigenvalue weighted by atomic mass is 19.1. The lowest BCUT2D eigenvalue weighted by molar-refractivity contribution is 0.0946. The van der Waals surface area contributed by atoms with Gasteiger partial charge in [-0.05, 0) is 30.2 Å². The van der Waals surface area contributed by atoms with E-state index in [2.05, 4.69) is 20.2 Å². The first-order chi connectivity index (χ1) is 14.6. The third-order valence-electron chi connectivity index (χ3n) is 5.09. The summed E-state index contributed by atoms with van der Waals surface area (Å²) in [4.78, 5) is 23.6.